The zero-order valence-corrected chi connectivity index (χ0v) is 8.99. The summed E-state index contributed by atoms with van der Waals surface area (Å²) in [5, 5.41) is 11.6. The third-order valence-electron chi connectivity index (χ3n) is 2.13. The van der Waals surface area contributed by atoms with Crippen LogP contribution in [0.2, 0.25) is 0 Å². The van der Waals surface area contributed by atoms with Crippen LogP contribution in [0.4, 0.5) is 0 Å². The van der Waals surface area contributed by atoms with Crippen molar-refractivity contribution in [3.63, 3.8) is 0 Å². The topological polar surface area (TPSA) is 35.5 Å². The van der Waals surface area contributed by atoms with Crippen molar-refractivity contribution in [1.82, 2.24) is 10.4 Å². The number of rotatable bonds is 4. The van der Waals surface area contributed by atoms with Gasteiger partial charge < -0.3 is 5.11 Å². The van der Waals surface area contributed by atoms with E-state index >= 15 is 0 Å². The van der Waals surface area contributed by atoms with Crippen molar-refractivity contribution >= 4 is 0 Å². The first kappa shape index (κ1) is 11.0. The number of para-hydroxylation sites is 1. The molecular weight excluding hydrogens is 176 g/mol. The Morgan fingerprint density at radius 3 is 2.50 bits per heavy atom. The van der Waals surface area contributed by atoms with Crippen molar-refractivity contribution in [3.8, 4) is 5.75 Å². The Labute approximate surface area is 85.3 Å². The molecule has 0 saturated carbocycles. The first-order valence-electron chi connectivity index (χ1n) is 4.86. The second kappa shape index (κ2) is 4.98. The molecule has 0 aliphatic heterocycles. The van der Waals surface area contributed by atoms with E-state index in [0.717, 1.165) is 12.0 Å². The van der Waals surface area contributed by atoms with Crippen LogP contribution in [0.1, 0.15) is 24.9 Å². The van der Waals surface area contributed by atoms with Gasteiger partial charge in [0.2, 0.25) is 0 Å². The van der Waals surface area contributed by atoms with E-state index in [1.165, 1.54) is 0 Å². The number of benzene rings is 1. The highest BCUT2D eigenvalue weighted by Gasteiger charge is 2.12. The number of hydrazine groups is 1. The van der Waals surface area contributed by atoms with Gasteiger partial charge in [0.05, 0.1) is 0 Å². The first-order valence-corrected chi connectivity index (χ1v) is 4.86. The number of phenols is 1. The molecule has 0 spiro atoms. The number of hydrogen-bond acceptors (Lipinski definition) is 3. The van der Waals surface area contributed by atoms with Gasteiger partial charge in [0, 0.05) is 25.7 Å². The lowest BCUT2D eigenvalue weighted by atomic mass is 10.0. The van der Waals surface area contributed by atoms with Crippen molar-refractivity contribution in [3.05, 3.63) is 29.8 Å². The Hall–Kier alpha value is -1.06. The van der Waals surface area contributed by atoms with Gasteiger partial charge in [-0.15, -0.1) is 0 Å². The molecule has 0 amide bonds. The Morgan fingerprint density at radius 2 is 2.00 bits per heavy atom. The van der Waals surface area contributed by atoms with Gasteiger partial charge in [-0.2, -0.15) is 0 Å². The molecular formula is C11H18N2O. The molecule has 0 saturated heterocycles. The van der Waals surface area contributed by atoms with Gasteiger partial charge in [-0.3, -0.25) is 5.01 Å². The molecule has 1 unspecified atom stereocenters. The smallest absolute Gasteiger partial charge is 0.120 e. The van der Waals surface area contributed by atoms with E-state index in [0.29, 0.717) is 5.75 Å². The van der Waals surface area contributed by atoms with Gasteiger partial charge in [-0.05, 0) is 12.5 Å². The van der Waals surface area contributed by atoms with Crippen molar-refractivity contribution in [2.75, 3.05) is 14.1 Å². The van der Waals surface area contributed by atoms with E-state index < -0.39 is 0 Å². The SMILES string of the molecule is CCC(NN(C)C)c1ccccc1O. The van der Waals surface area contributed by atoms with Gasteiger partial charge in [-0.1, -0.05) is 25.1 Å². The average molecular weight is 194 g/mol. The third kappa shape index (κ3) is 2.72. The maximum Gasteiger partial charge on any atom is 0.120 e. The highest BCUT2D eigenvalue weighted by molar-refractivity contribution is 5.34. The third-order valence-corrected chi connectivity index (χ3v) is 2.13. The van der Waals surface area contributed by atoms with Crippen LogP contribution in [-0.2, 0) is 0 Å². The van der Waals surface area contributed by atoms with Crippen molar-refractivity contribution in [1.29, 1.82) is 0 Å². The number of aromatic hydroxyl groups is 1. The van der Waals surface area contributed by atoms with E-state index in [4.69, 9.17) is 0 Å². The van der Waals surface area contributed by atoms with Crippen molar-refractivity contribution in [2.24, 2.45) is 0 Å². The Morgan fingerprint density at radius 1 is 1.36 bits per heavy atom. The monoisotopic (exact) mass is 194 g/mol. The lowest BCUT2D eigenvalue weighted by Crippen LogP contribution is -2.33. The molecule has 1 rings (SSSR count). The zero-order chi connectivity index (χ0) is 10.6. The summed E-state index contributed by atoms with van der Waals surface area (Å²) in [4.78, 5) is 0. The Bertz CT molecular complexity index is 286. The molecule has 78 valence electrons. The van der Waals surface area contributed by atoms with Crippen LogP contribution in [0.15, 0.2) is 24.3 Å². The van der Waals surface area contributed by atoms with Crippen LogP contribution in [0.3, 0.4) is 0 Å². The summed E-state index contributed by atoms with van der Waals surface area (Å²) < 4.78 is 0. The fraction of sp³-hybridized carbons (Fsp3) is 0.455. The zero-order valence-electron chi connectivity index (χ0n) is 8.99. The summed E-state index contributed by atoms with van der Waals surface area (Å²) in [5.41, 5.74) is 4.21. The number of nitrogens with zero attached hydrogens (tertiary/aromatic N) is 1. The molecule has 0 aromatic heterocycles. The normalized spacial score (nSPS) is 13.1. The lowest BCUT2D eigenvalue weighted by molar-refractivity contribution is 0.236. The van der Waals surface area contributed by atoms with Crippen molar-refractivity contribution < 1.29 is 5.11 Å². The summed E-state index contributed by atoms with van der Waals surface area (Å²) >= 11 is 0. The molecule has 1 aromatic rings. The second-order valence-electron chi connectivity index (χ2n) is 3.54. The highest BCUT2D eigenvalue weighted by atomic mass is 16.3. The largest absolute Gasteiger partial charge is 0.508 e. The Kier molecular flexibility index (Phi) is 3.92. The molecule has 1 aromatic carbocycles. The molecule has 0 heterocycles. The summed E-state index contributed by atoms with van der Waals surface area (Å²) in [6.07, 6.45) is 0.940. The average Bonchev–Trinajstić information content (AvgIpc) is 2.15. The second-order valence-corrected chi connectivity index (χ2v) is 3.54. The van der Waals surface area contributed by atoms with Gasteiger partial charge in [0.15, 0.2) is 0 Å². The molecule has 3 heteroatoms. The van der Waals surface area contributed by atoms with Crippen molar-refractivity contribution in [2.45, 2.75) is 19.4 Å². The minimum atomic E-state index is 0.172. The molecule has 0 radical (unpaired) electrons. The molecule has 14 heavy (non-hydrogen) atoms. The molecule has 0 bridgehead atoms. The first-order chi connectivity index (χ1) is 6.65. The molecule has 3 nitrogen and oxygen atoms in total. The summed E-state index contributed by atoms with van der Waals surface area (Å²) in [6.45, 7) is 2.09. The Balaban J connectivity index is 2.83. The van der Waals surface area contributed by atoms with Gasteiger partial charge in [-0.25, -0.2) is 5.43 Å². The van der Waals surface area contributed by atoms with Gasteiger partial charge in [0.1, 0.15) is 5.75 Å². The fourth-order valence-corrected chi connectivity index (χ4v) is 1.47. The van der Waals surface area contributed by atoms with Gasteiger partial charge >= 0.3 is 0 Å². The van der Waals surface area contributed by atoms with E-state index in [1.54, 1.807) is 6.07 Å². The van der Waals surface area contributed by atoms with E-state index in [9.17, 15) is 5.11 Å². The molecule has 2 N–H and O–H groups in total. The quantitative estimate of drug-likeness (QED) is 0.719. The maximum atomic E-state index is 9.67. The molecule has 0 aliphatic carbocycles. The van der Waals surface area contributed by atoms with Crippen LogP contribution in [0.25, 0.3) is 0 Å². The van der Waals surface area contributed by atoms with E-state index in [2.05, 4.69) is 12.3 Å². The van der Waals surface area contributed by atoms with Crippen LogP contribution >= 0.6 is 0 Å². The fourth-order valence-electron chi connectivity index (χ4n) is 1.47. The van der Waals surface area contributed by atoms with E-state index in [1.807, 2.05) is 37.3 Å². The van der Waals surface area contributed by atoms with E-state index in [-0.39, 0.29) is 6.04 Å². The van der Waals surface area contributed by atoms with Crippen LogP contribution in [0, 0.1) is 0 Å². The molecule has 0 fully saturated rings. The number of hydrogen-bond donors (Lipinski definition) is 2. The molecule has 0 aliphatic rings. The minimum absolute atomic E-state index is 0.172. The van der Waals surface area contributed by atoms with Crippen LogP contribution in [0.5, 0.6) is 5.75 Å². The lowest BCUT2D eigenvalue weighted by Gasteiger charge is -2.22. The molecule has 1 atom stereocenters. The number of phenolic OH excluding ortho intramolecular Hbond substituents is 1. The predicted octanol–water partition coefficient (Wildman–Crippen LogP) is 1.91. The van der Waals surface area contributed by atoms with Gasteiger partial charge in [0.25, 0.3) is 0 Å². The summed E-state index contributed by atoms with van der Waals surface area (Å²) in [5.74, 6) is 0.355. The van der Waals surface area contributed by atoms with Crippen LogP contribution < -0.4 is 5.43 Å². The standard InChI is InChI=1S/C11H18N2O/c1-4-10(12-13(2)3)9-7-5-6-8-11(9)14/h5-8,10,12,14H,4H2,1-3H3. The predicted molar refractivity (Wildman–Crippen MR) is 58.0 cm³/mol. The van der Waals surface area contributed by atoms with Crippen LogP contribution in [-0.4, -0.2) is 24.2 Å². The maximum absolute atomic E-state index is 9.67. The minimum Gasteiger partial charge on any atom is -0.508 e. The highest BCUT2D eigenvalue weighted by Crippen LogP contribution is 2.25. The summed E-state index contributed by atoms with van der Waals surface area (Å²) in [7, 11) is 3.89. The summed E-state index contributed by atoms with van der Waals surface area (Å²) in [6, 6.07) is 7.61. The number of nitrogens with one attached hydrogen (secondary N) is 1.